The predicted molar refractivity (Wildman–Crippen MR) is 85.8 cm³/mol. The topological polar surface area (TPSA) is 87.3 Å². The van der Waals surface area contributed by atoms with Gasteiger partial charge in [-0.1, -0.05) is 23.7 Å². The molecule has 0 radical (unpaired) electrons. The van der Waals surface area contributed by atoms with Crippen molar-refractivity contribution in [2.75, 3.05) is 6.54 Å². The van der Waals surface area contributed by atoms with Gasteiger partial charge in [0.25, 0.3) is 17.7 Å². The molecule has 2 aromatic rings. The molecule has 0 saturated carbocycles. The van der Waals surface area contributed by atoms with Crippen molar-refractivity contribution in [3.63, 3.8) is 0 Å². The molecule has 2 rings (SSSR count). The average Bonchev–Trinajstić information content (AvgIpc) is 2.58. The fourth-order valence-corrected chi connectivity index (χ4v) is 1.87. The summed E-state index contributed by atoms with van der Waals surface area (Å²) < 4.78 is 13.4. The van der Waals surface area contributed by atoms with Gasteiger partial charge in [0.2, 0.25) is 0 Å². The Morgan fingerprint density at radius 2 is 1.58 bits per heavy atom. The van der Waals surface area contributed by atoms with Crippen LogP contribution in [0.4, 0.5) is 4.39 Å². The minimum absolute atomic E-state index is 0.171. The minimum atomic E-state index is -0.729. The van der Waals surface area contributed by atoms with E-state index < -0.39 is 30.1 Å². The SMILES string of the molecule is O=C(CNC(=O)c1ccccc1F)NNC(=O)c1ccc(Cl)cc1. The largest absolute Gasteiger partial charge is 0.343 e. The summed E-state index contributed by atoms with van der Waals surface area (Å²) in [5.74, 6) is -2.62. The maximum absolute atomic E-state index is 13.4. The van der Waals surface area contributed by atoms with Gasteiger partial charge >= 0.3 is 0 Å². The van der Waals surface area contributed by atoms with Crippen molar-refractivity contribution in [2.24, 2.45) is 0 Å². The van der Waals surface area contributed by atoms with E-state index in [1.54, 1.807) is 0 Å². The van der Waals surface area contributed by atoms with Gasteiger partial charge < -0.3 is 5.32 Å². The quantitative estimate of drug-likeness (QED) is 0.734. The van der Waals surface area contributed by atoms with Crippen molar-refractivity contribution in [3.05, 3.63) is 70.5 Å². The first-order chi connectivity index (χ1) is 11.5. The summed E-state index contributed by atoms with van der Waals surface area (Å²) in [6.45, 7) is -0.423. The van der Waals surface area contributed by atoms with Crippen LogP contribution < -0.4 is 16.2 Å². The summed E-state index contributed by atoms with van der Waals surface area (Å²) in [6, 6.07) is 11.4. The van der Waals surface area contributed by atoms with Crippen LogP contribution in [0.25, 0.3) is 0 Å². The Morgan fingerprint density at radius 1 is 0.917 bits per heavy atom. The van der Waals surface area contributed by atoms with Gasteiger partial charge in [0.1, 0.15) is 5.82 Å². The van der Waals surface area contributed by atoms with Crippen molar-refractivity contribution in [1.29, 1.82) is 0 Å². The van der Waals surface area contributed by atoms with Crippen LogP contribution in [0.3, 0.4) is 0 Å². The summed E-state index contributed by atoms with van der Waals surface area (Å²) in [7, 11) is 0. The highest BCUT2D eigenvalue weighted by molar-refractivity contribution is 6.30. The zero-order valence-electron chi connectivity index (χ0n) is 12.3. The molecule has 2 aromatic carbocycles. The van der Waals surface area contributed by atoms with E-state index in [0.29, 0.717) is 10.6 Å². The highest BCUT2D eigenvalue weighted by Crippen LogP contribution is 2.09. The van der Waals surface area contributed by atoms with Crippen molar-refractivity contribution in [3.8, 4) is 0 Å². The number of hydrogen-bond acceptors (Lipinski definition) is 3. The van der Waals surface area contributed by atoms with E-state index >= 15 is 0 Å². The van der Waals surface area contributed by atoms with E-state index in [-0.39, 0.29) is 5.56 Å². The summed E-state index contributed by atoms with van der Waals surface area (Å²) >= 11 is 5.71. The molecule has 0 saturated heterocycles. The Morgan fingerprint density at radius 3 is 2.25 bits per heavy atom. The lowest BCUT2D eigenvalue weighted by atomic mass is 10.2. The molecule has 0 fully saturated rings. The first-order valence-electron chi connectivity index (χ1n) is 6.85. The number of rotatable bonds is 4. The monoisotopic (exact) mass is 349 g/mol. The maximum atomic E-state index is 13.4. The van der Waals surface area contributed by atoms with Gasteiger partial charge in [-0.25, -0.2) is 4.39 Å². The molecule has 0 heterocycles. The molecule has 0 aliphatic carbocycles. The van der Waals surface area contributed by atoms with Gasteiger partial charge in [-0.15, -0.1) is 0 Å². The number of amides is 3. The van der Waals surface area contributed by atoms with E-state index in [2.05, 4.69) is 16.2 Å². The fourth-order valence-electron chi connectivity index (χ4n) is 1.75. The summed E-state index contributed by atoms with van der Waals surface area (Å²) in [6.07, 6.45) is 0. The first kappa shape index (κ1) is 17.4. The molecule has 0 aliphatic heterocycles. The van der Waals surface area contributed by atoms with Gasteiger partial charge in [0.15, 0.2) is 0 Å². The molecule has 24 heavy (non-hydrogen) atoms. The van der Waals surface area contributed by atoms with Crippen molar-refractivity contribution in [2.45, 2.75) is 0 Å². The van der Waals surface area contributed by atoms with Gasteiger partial charge in [-0.2, -0.15) is 0 Å². The normalized spacial score (nSPS) is 9.92. The van der Waals surface area contributed by atoms with Crippen LogP contribution in [0, 0.1) is 5.82 Å². The first-order valence-corrected chi connectivity index (χ1v) is 7.22. The zero-order valence-corrected chi connectivity index (χ0v) is 13.1. The summed E-state index contributed by atoms with van der Waals surface area (Å²) in [5.41, 5.74) is 4.45. The van der Waals surface area contributed by atoms with Gasteiger partial charge in [0.05, 0.1) is 12.1 Å². The van der Waals surface area contributed by atoms with E-state index in [4.69, 9.17) is 11.6 Å². The van der Waals surface area contributed by atoms with Crippen LogP contribution in [-0.4, -0.2) is 24.3 Å². The molecule has 0 unspecified atom stereocenters. The molecule has 6 nitrogen and oxygen atoms in total. The van der Waals surface area contributed by atoms with Crippen LogP contribution in [0.5, 0.6) is 0 Å². The Bertz CT molecular complexity index is 765. The zero-order chi connectivity index (χ0) is 17.5. The number of hydrogen-bond donors (Lipinski definition) is 3. The van der Waals surface area contributed by atoms with Crippen LogP contribution in [0.15, 0.2) is 48.5 Å². The number of carbonyl (C=O) groups excluding carboxylic acids is 3. The number of carbonyl (C=O) groups is 3. The second-order valence-corrected chi connectivity index (χ2v) is 5.11. The molecule has 0 atom stereocenters. The second-order valence-electron chi connectivity index (χ2n) is 4.67. The molecule has 0 spiro atoms. The Balaban J connectivity index is 1.79. The predicted octanol–water partition coefficient (Wildman–Crippen LogP) is 1.67. The van der Waals surface area contributed by atoms with Crippen LogP contribution >= 0.6 is 11.6 Å². The van der Waals surface area contributed by atoms with E-state index in [0.717, 1.165) is 6.07 Å². The van der Waals surface area contributed by atoms with Crippen molar-refractivity contribution < 1.29 is 18.8 Å². The van der Waals surface area contributed by atoms with Crippen LogP contribution in [0.1, 0.15) is 20.7 Å². The number of nitrogens with one attached hydrogen (secondary N) is 3. The Hall–Kier alpha value is -2.93. The van der Waals surface area contributed by atoms with E-state index in [9.17, 15) is 18.8 Å². The van der Waals surface area contributed by atoms with Crippen LogP contribution in [0.2, 0.25) is 5.02 Å². The molecular formula is C16H13ClFN3O3. The molecule has 3 N–H and O–H groups in total. The van der Waals surface area contributed by atoms with Crippen LogP contribution in [-0.2, 0) is 4.79 Å². The number of benzene rings is 2. The highest BCUT2D eigenvalue weighted by atomic mass is 35.5. The minimum Gasteiger partial charge on any atom is -0.343 e. The molecule has 124 valence electrons. The standard InChI is InChI=1S/C16H13ClFN3O3/c17-11-7-5-10(6-8-11)15(23)21-20-14(22)9-19-16(24)12-3-1-2-4-13(12)18/h1-8H,9H2,(H,19,24)(H,20,22)(H,21,23). The Kier molecular flexibility index (Phi) is 5.86. The lowest BCUT2D eigenvalue weighted by Gasteiger charge is -2.09. The smallest absolute Gasteiger partial charge is 0.269 e. The van der Waals surface area contributed by atoms with Crippen molar-refractivity contribution in [1.82, 2.24) is 16.2 Å². The third-order valence-corrected chi connectivity index (χ3v) is 3.20. The average molecular weight is 350 g/mol. The third kappa shape index (κ3) is 4.79. The third-order valence-electron chi connectivity index (χ3n) is 2.95. The van der Waals surface area contributed by atoms with Crippen molar-refractivity contribution >= 4 is 29.3 Å². The molecule has 0 aliphatic rings. The molecule has 8 heteroatoms. The van der Waals surface area contributed by atoms with Gasteiger partial charge in [-0.05, 0) is 36.4 Å². The summed E-state index contributed by atoms with van der Waals surface area (Å²) in [4.78, 5) is 35.1. The molecule has 0 aromatic heterocycles. The number of hydrazine groups is 1. The van der Waals surface area contributed by atoms with E-state index in [1.807, 2.05) is 0 Å². The molecule has 3 amide bonds. The van der Waals surface area contributed by atoms with E-state index in [1.165, 1.54) is 42.5 Å². The lowest BCUT2D eigenvalue weighted by Crippen LogP contribution is -2.46. The highest BCUT2D eigenvalue weighted by Gasteiger charge is 2.12. The second kappa shape index (κ2) is 8.07. The molecular weight excluding hydrogens is 337 g/mol. The van der Waals surface area contributed by atoms with Gasteiger partial charge in [-0.3, -0.25) is 25.2 Å². The number of halogens is 2. The van der Waals surface area contributed by atoms with Gasteiger partial charge in [0, 0.05) is 10.6 Å². The molecule has 0 bridgehead atoms. The summed E-state index contributed by atoms with van der Waals surface area (Å²) in [5, 5.41) is 2.73. The fraction of sp³-hybridized carbons (Fsp3) is 0.0625. The lowest BCUT2D eigenvalue weighted by molar-refractivity contribution is -0.120. The maximum Gasteiger partial charge on any atom is 0.269 e. The Labute approximate surface area is 142 Å².